The minimum Gasteiger partial charge on any atom is -0.384 e. The fourth-order valence-corrected chi connectivity index (χ4v) is 5.64. The third-order valence-electron chi connectivity index (χ3n) is 4.55. The highest BCUT2D eigenvalue weighted by Gasteiger charge is 2.55. The molecule has 0 amide bonds. The van der Waals surface area contributed by atoms with E-state index in [9.17, 15) is 8.42 Å². The van der Waals surface area contributed by atoms with Crippen LogP contribution in [0.2, 0.25) is 5.15 Å². The van der Waals surface area contributed by atoms with Crippen LogP contribution >= 0.6 is 11.6 Å². The molecular formula is C13H20ClN3O4S. The lowest BCUT2D eigenvalue weighted by molar-refractivity contribution is -0.0775. The van der Waals surface area contributed by atoms with Crippen LogP contribution < -0.4 is 4.72 Å². The van der Waals surface area contributed by atoms with Gasteiger partial charge in [-0.2, -0.15) is 5.10 Å². The monoisotopic (exact) mass is 349 g/mol. The van der Waals surface area contributed by atoms with Gasteiger partial charge in [0.25, 0.3) is 0 Å². The fourth-order valence-electron chi connectivity index (χ4n) is 3.55. The van der Waals surface area contributed by atoms with Crippen molar-refractivity contribution in [2.45, 2.75) is 30.4 Å². The molecule has 3 rings (SSSR count). The number of hydrogen-bond donors (Lipinski definition) is 1. The van der Waals surface area contributed by atoms with Crippen LogP contribution in [0.3, 0.4) is 0 Å². The molecule has 0 bridgehead atoms. The molecule has 4 atom stereocenters. The van der Waals surface area contributed by atoms with E-state index in [1.807, 2.05) is 0 Å². The Morgan fingerprint density at radius 2 is 2.27 bits per heavy atom. The first-order chi connectivity index (χ1) is 10.4. The Hall–Kier alpha value is -0.670. The molecule has 1 aliphatic carbocycles. The average molecular weight is 350 g/mol. The maximum atomic E-state index is 12.7. The van der Waals surface area contributed by atoms with Crippen molar-refractivity contribution < 1.29 is 17.9 Å². The Morgan fingerprint density at radius 1 is 1.55 bits per heavy atom. The van der Waals surface area contributed by atoms with Crippen molar-refractivity contribution in [3.8, 4) is 0 Å². The molecule has 0 aromatic carbocycles. The predicted octanol–water partition coefficient (Wildman–Crippen LogP) is 0.710. The summed E-state index contributed by atoms with van der Waals surface area (Å²) in [4.78, 5) is 0.0511. The summed E-state index contributed by atoms with van der Waals surface area (Å²) in [7, 11) is -0.503. The van der Waals surface area contributed by atoms with E-state index in [4.69, 9.17) is 21.1 Å². The Balaban J connectivity index is 1.85. The molecule has 1 saturated heterocycles. The molecule has 1 aliphatic heterocycles. The molecule has 22 heavy (non-hydrogen) atoms. The van der Waals surface area contributed by atoms with Crippen LogP contribution in [0.4, 0.5) is 0 Å². The molecule has 2 heterocycles. The predicted molar refractivity (Wildman–Crippen MR) is 80.3 cm³/mol. The second-order valence-electron chi connectivity index (χ2n) is 5.88. The van der Waals surface area contributed by atoms with Crippen molar-refractivity contribution in [1.29, 1.82) is 0 Å². The lowest BCUT2D eigenvalue weighted by Gasteiger charge is -2.47. The Bertz CT molecular complexity index is 675. The molecule has 1 saturated carbocycles. The van der Waals surface area contributed by atoms with Crippen LogP contribution in [0.5, 0.6) is 0 Å². The number of nitrogens with zero attached hydrogens (tertiary/aromatic N) is 2. The topological polar surface area (TPSA) is 82.5 Å². The highest BCUT2D eigenvalue weighted by Crippen LogP contribution is 2.44. The van der Waals surface area contributed by atoms with Gasteiger partial charge in [0.2, 0.25) is 10.0 Å². The molecule has 2 fully saturated rings. The van der Waals surface area contributed by atoms with Crippen molar-refractivity contribution >= 4 is 21.6 Å². The number of aromatic nitrogens is 2. The summed E-state index contributed by atoms with van der Waals surface area (Å²) in [6.07, 6.45) is 0.941. The number of ether oxygens (including phenoxy) is 2. The van der Waals surface area contributed by atoms with E-state index in [1.54, 1.807) is 21.1 Å². The lowest BCUT2D eigenvalue weighted by atomic mass is 9.68. The molecule has 0 spiro atoms. The molecular weight excluding hydrogens is 330 g/mol. The van der Waals surface area contributed by atoms with Gasteiger partial charge in [-0.15, -0.1) is 0 Å². The normalized spacial score (nSPS) is 31.1. The van der Waals surface area contributed by atoms with Gasteiger partial charge in [0.05, 0.1) is 18.4 Å². The third-order valence-corrected chi connectivity index (χ3v) is 6.70. The first-order valence-electron chi connectivity index (χ1n) is 7.18. The number of rotatable bonds is 5. The summed E-state index contributed by atoms with van der Waals surface area (Å²) in [5.74, 6) is 0.230. The van der Waals surface area contributed by atoms with Gasteiger partial charge in [-0.1, -0.05) is 11.6 Å². The number of aryl methyl sites for hydroxylation is 2. The second-order valence-corrected chi connectivity index (χ2v) is 7.89. The molecule has 124 valence electrons. The van der Waals surface area contributed by atoms with Gasteiger partial charge in [0, 0.05) is 38.6 Å². The maximum Gasteiger partial charge on any atom is 0.245 e. The van der Waals surface area contributed by atoms with Crippen LogP contribution in [0, 0.1) is 18.8 Å². The average Bonchev–Trinajstić information content (AvgIpc) is 2.96. The molecule has 0 radical (unpaired) electrons. The maximum absolute atomic E-state index is 12.7. The van der Waals surface area contributed by atoms with E-state index in [-0.39, 0.29) is 34.0 Å². The third kappa shape index (κ3) is 2.46. The highest BCUT2D eigenvalue weighted by molar-refractivity contribution is 7.89. The quantitative estimate of drug-likeness (QED) is 0.846. The first kappa shape index (κ1) is 16.2. The molecule has 1 aromatic heterocycles. The summed E-state index contributed by atoms with van der Waals surface area (Å²) >= 11 is 6.08. The smallest absolute Gasteiger partial charge is 0.245 e. The number of hydrogen-bond acceptors (Lipinski definition) is 5. The SMILES string of the molecule is COC[C@@H]1[C@H](NS(=O)(=O)c2c(C)nn(C)c2Cl)[C@@H]2CCO[C@H]12. The number of methoxy groups -OCH3 is 1. The zero-order valence-electron chi connectivity index (χ0n) is 12.7. The van der Waals surface area contributed by atoms with Crippen LogP contribution in [0.15, 0.2) is 4.90 Å². The Morgan fingerprint density at radius 3 is 2.86 bits per heavy atom. The van der Waals surface area contributed by atoms with Crippen LogP contribution in [-0.2, 0) is 26.5 Å². The van der Waals surface area contributed by atoms with Crippen molar-refractivity contribution in [3.63, 3.8) is 0 Å². The summed E-state index contributed by atoms with van der Waals surface area (Å²) in [6, 6.07) is -0.187. The summed E-state index contributed by atoms with van der Waals surface area (Å²) in [5, 5.41) is 4.18. The standard InChI is InChI=1S/C13H20ClN3O4S/c1-7-12(13(14)17(2)15-7)22(18,19)16-10-8-4-5-21-11(8)9(10)6-20-3/h8-11,16H,4-6H2,1-3H3/t8-,9+,10+,11-/m0/s1. The number of nitrogens with one attached hydrogen (secondary N) is 1. The highest BCUT2D eigenvalue weighted by atomic mass is 35.5. The molecule has 1 aromatic rings. The van der Waals surface area contributed by atoms with Crippen LogP contribution in [0.25, 0.3) is 0 Å². The zero-order chi connectivity index (χ0) is 16.1. The van der Waals surface area contributed by atoms with Crippen molar-refractivity contribution in [1.82, 2.24) is 14.5 Å². The van der Waals surface area contributed by atoms with Crippen molar-refractivity contribution in [3.05, 3.63) is 10.8 Å². The number of sulfonamides is 1. The van der Waals surface area contributed by atoms with Crippen molar-refractivity contribution in [2.24, 2.45) is 18.9 Å². The van der Waals surface area contributed by atoms with Gasteiger partial charge >= 0.3 is 0 Å². The van der Waals surface area contributed by atoms with Gasteiger partial charge in [-0.3, -0.25) is 4.68 Å². The van der Waals surface area contributed by atoms with Gasteiger partial charge in [-0.05, 0) is 13.3 Å². The molecule has 0 unspecified atom stereocenters. The Kier molecular flexibility index (Phi) is 4.24. The minimum atomic E-state index is -3.73. The van der Waals surface area contributed by atoms with Gasteiger partial charge in [0.1, 0.15) is 10.0 Å². The first-order valence-corrected chi connectivity index (χ1v) is 9.05. The van der Waals surface area contributed by atoms with E-state index in [2.05, 4.69) is 9.82 Å². The van der Waals surface area contributed by atoms with E-state index in [0.717, 1.165) is 6.42 Å². The lowest BCUT2D eigenvalue weighted by Crippen LogP contribution is -2.62. The molecule has 1 N–H and O–H groups in total. The molecule has 9 heteroatoms. The van der Waals surface area contributed by atoms with Gasteiger partial charge in [-0.25, -0.2) is 13.1 Å². The van der Waals surface area contributed by atoms with Crippen molar-refractivity contribution in [2.75, 3.05) is 20.3 Å². The fraction of sp³-hybridized carbons (Fsp3) is 0.769. The summed E-state index contributed by atoms with van der Waals surface area (Å²) in [6.45, 7) is 2.77. The van der Waals surface area contributed by atoms with E-state index in [0.29, 0.717) is 18.9 Å². The summed E-state index contributed by atoms with van der Waals surface area (Å²) in [5.41, 5.74) is 0.391. The largest absolute Gasteiger partial charge is 0.384 e. The minimum absolute atomic E-state index is 0.0306. The van der Waals surface area contributed by atoms with Crippen LogP contribution in [0.1, 0.15) is 12.1 Å². The van der Waals surface area contributed by atoms with Crippen LogP contribution in [-0.4, -0.2) is 50.7 Å². The number of fused-ring (bicyclic) bond motifs is 1. The summed E-state index contributed by atoms with van der Waals surface area (Å²) < 4.78 is 40.4. The zero-order valence-corrected chi connectivity index (χ0v) is 14.3. The second kappa shape index (κ2) is 5.76. The Labute approximate surface area is 135 Å². The number of halogens is 1. The molecule has 7 nitrogen and oxygen atoms in total. The van der Waals surface area contributed by atoms with Gasteiger partial charge in [0.15, 0.2) is 0 Å². The van der Waals surface area contributed by atoms with E-state index < -0.39 is 10.0 Å². The van der Waals surface area contributed by atoms with E-state index >= 15 is 0 Å². The molecule has 2 aliphatic rings. The van der Waals surface area contributed by atoms with Gasteiger partial charge < -0.3 is 9.47 Å². The van der Waals surface area contributed by atoms with E-state index in [1.165, 1.54) is 4.68 Å².